The largest absolute Gasteiger partial charge is 0.497 e. The maximum Gasteiger partial charge on any atom is 0.246 e. The molecule has 0 fully saturated rings. The Morgan fingerprint density at radius 3 is 2.64 bits per heavy atom. The summed E-state index contributed by atoms with van der Waals surface area (Å²) in [6, 6.07) is 21.4. The van der Waals surface area contributed by atoms with Crippen molar-refractivity contribution in [3.05, 3.63) is 78.2 Å². The zero-order valence-corrected chi connectivity index (χ0v) is 15.4. The summed E-state index contributed by atoms with van der Waals surface area (Å²) >= 11 is 0. The van der Waals surface area contributed by atoms with Crippen molar-refractivity contribution >= 4 is 16.7 Å². The molecule has 0 spiro atoms. The lowest BCUT2D eigenvalue weighted by molar-refractivity contribution is -0.120. The number of rotatable bonds is 6. The van der Waals surface area contributed by atoms with Gasteiger partial charge in [-0.1, -0.05) is 47.6 Å². The number of methoxy groups -OCH3 is 1. The summed E-state index contributed by atoms with van der Waals surface area (Å²) in [7, 11) is 1.61. The molecule has 0 saturated heterocycles. The van der Waals surface area contributed by atoms with Gasteiger partial charge in [-0.15, -0.1) is 0 Å². The number of aromatic nitrogens is 2. The quantitative estimate of drug-likeness (QED) is 0.557. The third-order valence-electron chi connectivity index (χ3n) is 4.48. The molecule has 1 amide bonds. The molecular formula is C22H19N3O3. The first-order valence-electron chi connectivity index (χ1n) is 8.93. The summed E-state index contributed by atoms with van der Waals surface area (Å²) in [4.78, 5) is 16.7. The van der Waals surface area contributed by atoms with E-state index in [9.17, 15) is 4.79 Å². The molecule has 140 valence electrons. The number of nitrogens with zero attached hydrogens (tertiary/aromatic N) is 2. The van der Waals surface area contributed by atoms with Crippen molar-refractivity contribution < 1.29 is 14.1 Å². The van der Waals surface area contributed by atoms with Gasteiger partial charge < -0.3 is 14.6 Å². The Morgan fingerprint density at radius 1 is 1.04 bits per heavy atom. The van der Waals surface area contributed by atoms with Crippen molar-refractivity contribution in [2.75, 3.05) is 7.11 Å². The minimum absolute atomic E-state index is 0.0967. The van der Waals surface area contributed by atoms with Gasteiger partial charge in [0.2, 0.25) is 17.6 Å². The Hall–Kier alpha value is -3.67. The predicted molar refractivity (Wildman–Crippen MR) is 106 cm³/mol. The summed E-state index contributed by atoms with van der Waals surface area (Å²) in [5.41, 5.74) is 1.80. The lowest BCUT2D eigenvalue weighted by Crippen LogP contribution is -2.24. The van der Waals surface area contributed by atoms with Crippen LogP contribution in [-0.2, 0) is 17.8 Å². The Kier molecular flexibility index (Phi) is 5.01. The molecule has 0 bridgehead atoms. The molecular weight excluding hydrogens is 354 g/mol. The van der Waals surface area contributed by atoms with E-state index in [1.54, 1.807) is 7.11 Å². The number of hydrogen-bond donors (Lipinski definition) is 1. The van der Waals surface area contributed by atoms with E-state index in [4.69, 9.17) is 9.26 Å². The van der Waals surface area contributed by atoms with Gasteiger partial charge in [0.15, 0.2) is 0 Å². The number of nitrogens with one attached hydrogen (secondary N) is 1. The first-order valence-corrected chi connectivity index (χ1v) is 8.93. The van der Waals surface area contributed by atoms with Crippen LogP contribution in [0.25, 0.3) is 22.2 Å². The van der Waals surface area contributed by atoms with E-state index >= 15 is 0 Å². The topological polar surface area (TPSA) is 77.3 Å². The number of fused-ring (bicyclic) bond motifs is 1. The van der Waals surface area contributed by atoms with E-state index in [1.807, 2.05) is 66.7 Å². The van der Waals surface area contributed by atoms with Crippen LogP contribution in [0.2, 0.25) is 0 Å². The highest BCUT2D eigenvalue weighted by molar-refractivity contribution is 5.90. The van der Waals surface area contributed by atoms with Crippen molar-refractivity contribution in [3.8, 4) is 17.1 Å². The summed E-state index contributed by atoms with van der Waals surface area (Å²) in [6.07, 6.45) is 0.292. The molecule has 0 aliphatic heterocycles. The van der Waals surface area contributed by atoms with Crippen LogP contribution >= 0.6 is 0 Å². The van der Waals surface area contributed by atoms with Crippen molar-refractivity contribution in [1.82, 2.24) is 15.5 Å². The van der Waals surface area contributed by atoms with Gasteiger partial charge in [0.05, 0.1) is 20.1 Å². The highest BCUT2D eigenvalue weighted by atomic mass is 16.5. The first-order chi connectivity index (χ1) is 13.7. The molecule has 0 saturated carbocycles. The highest BCUT2D eigenvalue weighted by Crippen LogP contribution is 2.20. The third-order valence-corrected chi connectivity index (χ3v) is 4.48. The van der Waals surface area contributed by atoms with Gasteiger partial charge in [-0.3, -0.25) is 4.79 Å². The monoisotopic (exact) mass is 373 g/mol. The number of carbonyl (C=O) groups excluding carboxylic acids is 1. The average Bonchev–Trinajstić information content (AvgIpc) is 3.22. The van der Waals surface area contributed by atoms with Gasteiger partial charge in [0.25, 0.3) is 0 Å². The van der Waals surface area contributed by atoms with E-state index < -0.39 is 0 Å². The van der Waals surface area contributed by atoms with Crippen molar-refractivity contribution in [3.63, 3.8) is 0 Å². The molecule has 4 rings (SSSR count). The predicted octanol–water partition coefficient (Wildman–Crippen LogP) is 3.76. The second-order valence-corrected chi connectivity index (χ2v) is 6.33. The zero-order valence-electron chi connectivity index (χ0n) is 15.4. The van der Waals surface area contributed by atoms with Crippen molar-refractivity contribution in [2.24, 2.45) is 0 Å². The van der Waals surface area contributed by atoms with Gasteiger partial charge in [-0.2, -0.15) is 4.98 Å². The van der Waals surface area contributed by atoms with Crippen LogP contribution < -0.4 is 10.1 Å². The Morgan fingerprint density at radius 2 is 1.82 bits per heavy atom. The number of hydrogen-bond acceptors (Lipinski definition) is 5. The van der Waals surface area contributed by atoms with Crippen LogP contribution in [0.4, 0.5) is 0 Å². The number of ether oxygens (including phenoxy) is 1. The first kappa shape index (κ1) is 17.7. The maximum absolute atomic E-state index is 12.4. The summed E-state index contributed by atoms with van der Waals surface area (Å²) in [5.74, 6) is 1.49. The normalized spacial score (nSPS) is 10.8. The Balaban J connectivity index is 1.39. The summed E-state index contributed by atoms with van der Waals surface area (Å²) < 4.78 is 10.4. The smallest absolute Gasteiger partial charge is 0.246 e. The summed E-state index contributed by atoms with van der Waals surface area (Å²) in [5, 5.41) is 9.01. The van der Waals surface area contributed by atoms with Crippen molar-refractivity contribution in [1.29, 1.82) is 0 Å². The Labute approximate surface area is 162 Å². The molecule has 4 aromatic rings. The van der Waals surface area contributed by atoms with Crippen molar-refractivity contribution in [2.45, 2.75) is 13.0 Å². The molecule has 0 atom stereocenters. The molecule has 0 aliphatic rings. The van der Waals surface area contributed by atoms with Gasteiger partial charge in [0, 0.05) is 5.56 Å². The van der Waals surface area contributed by atoms with Crippen LogP contribution in [0.5, 0.6) is 5.75 Å². The molecule has 1 heterocycles. The maximum atomic E-state index is 12.4. The van der Waals surface area contributed by atoms with E-state index in [0.29, 0.717) is 18.1 Å². The molecule has 0 radical (unpaired) electrons. The van der Waals surface area contributed by atoms with E-state index in [-0.39, 0.29) is 12.5 Å². The fraction of sp³-hybridized carbons (Fsp3) is 0.136. The standard InChI is InChI=1S/C22H19N3O3/c1-27-18-11-9-16(10-12-18)22-24-21(28-25-22)14-23-20(26)13-17-7-4-6-15-5-2-3-8-19(15)17/h2-12H,13-14H2,1H3,(H,23,26). The minimum Gasteiger partial charge on any atom is -0.497 e. The fourth-order valence-corrected chi connectivity index (χ4v) is 3.04. The lowest BCUT2D eigenvalue weighted by Gasteiger charge is -2.06. The van der Waals surface area contributed by atoms with E-state index in [1.165, 1.54) is 0 Å². The van der Waals surface area contributed by atoms with Crippen LogP contribution in [0.1, 0.15) is 11.5 Å². The molecule has 0 aliphatic carbocycles. The molecule has 6 heteroatoms. The highest BCUT2D eigenvalue weighted by Gasteiger charge is 2.11. The van der Waals surface area contributed by atoms with Crippen LogP contribution in [0.15, 0.2) is 71.3 Å². The molecule has 0 unspecified atom stereocenters. The lowest BCUT2D eigenvalue weighted by atomic mass is 10.0. The molecule has 1 aromatic heterocycles. The fourth-order valence-electron chi connectivity index (χ4n) is 3.04. The molecule has 28 heavy (non-hydrogen) atoms. The van der Waals surface area contributed by atoms with Crippen LogP contribution in [0.3, 0.4) is 0 Å². The second kappa shape index (κ2) is 7.92. The van der Waals surface area contributed by atoms with Gasteiger partial charge >= 0.3 is 0 Å². The zero-order chi connectivity index (χ0) is 19.3. The minimum atomic E-state index is -0.0967. The van der Waals surface area contributed by atoms with Gasteiger partial charge in [0.1, 0.15) is 5.75 Å². The summed E-state index contributed by atoms with van der Waals surface area (Å²) in [6.45, 7) is 0.187. The van der Waals surface area contributed by atoms with Gasteiger partial charge in [-0.05, 0) is 40.6 Å². The van der Waals surface area contributed by atoms with E-state index in [2.05, 4.69) is 15.5 Å². The number of amides is 1. The van der Waals surface area contributed by atoms with Crippen LogP contribution in [0, 0.1) is 0 Å². The number of carbonyl (C=O) groups is 1. The third kappa shape index (κ3) is 3.86. The second-order valence-electron chi connectivity index (χ2n) is 6.33. The van der Waals surface area contributed by atoms with E-state index in [0.717, 1.165) is 27.6 Å². The molecule has 3 aromatic carbocycles. The Bertz CT molecular complexity index is 1100. The molecule has 1 N–H and O–H groups in total. The molecule has 6 nitrogen and oxygen atoms in total. The van der Waals surface area contributed by atoms with Crippen LogP contribution in [-0.4, -0.2) is 23.2 Å². The van der Waals surface area contributed by atoms with Gasteiger partial charge in [-0.25, -0.2) is 0 Å². The number of benzene rings is 3. The average molecular weight is 373 g/mol. The SMILES string of the molecule is COc1ccc(-c2noc(CNC(=O)Cc3cccc4ccccc34)n2)cc1.